The Hall–Kier alpha value is -2.45. The number of amides is 1. The lowest BCUT2D eigenvalue weighted by atomic mass is 10.1. The van der Waals surface area contributed by atoms with Gasteiger partial charge in [-0.2, -0.15) is 4.68 Å². The fourth-order valence-electron chi connectivity index (χ4n) is 4.80. The third-order valence-electron chi connectivity index (χ3n) is 6.91. The maximum absolute atomic E-state index is 13.0. The van der Waals surface area contributed by atoms with Gasteiger partial charge in [-0.1, -0.05) is 118 Å². The minimum absolute atomic E-state index is 0.0852. The van der Waals surface area contributed by atoms with Crippen molar-refractivity contribution in [2.45, 2.75) is 90.9 Å². The topological polar surface area (TPSA) is 85.1 Å². The number of carbonyl (C=O) groups is 2. The number of aromatic nitrogens is 2. The third kappa shape index (κ3) is 9.80. The molecule has 2 N–H and O–H groups in total. The number of halogens is 4. The Bertz CT molecular complexity index is 1410. The van der Waals surface area contributed by atoms with Gasteiger partial charge in [0.05, 0.1) is 20.8 Å². The molecule has 3 rings (SSSR count). The van der Waals surface area contributed by atoms with E-state index in [1.54, 1.807) is 18.2 Å². The molecule has 0 saturated carbocycles. The van der Waals surface area contributed by atoms with Crippen LogP contribution in [-0.2, 0) is 4.79 Å². The van der Waals surface area contributed by atoms with Crippen molar-refractivity contribution < 1.29 is 9.59 Å². The number of anilines is 3. The summed E-state index contributed by atoms with van der Waals surface area (Å²) in [5.41, 5.74) is 0.497. The molecule has 0 fully saturated rings. The molecule has 0 atom stereocenters. The second kappa shape index (κ2) is 17.0. The van der Waals surface area contributed by atoms with Crippen molar-refractivity contribution in [1.29, 1.82) is 0 Å². The molecule has 1 amide bonds. The molecule has 1 aromatic heterocycles. The SMILES string of the molecule is CCCCCCCCCCCCCC(=O)Nc1ccc(Cl)c(Nc2cc(=O)n(-c3c(Cl)cc(Cl)cc3Cl)n2C(C)=O)c1. The Morgan fingerprint density at radius 3 is 1.90 bits per heavy atom. The quantitative estimate of drug-likeness (QED) is 0.150. The molecule has 0 radical (unpaired) electrons. The summed E-state index contributed by atoms with van der Waals surface area (Å²) >= 11 is 25.1. The second-order valence-electron chi connectivity index (χ2n) is 10.4. The van der Waals surface area contributed by atoms with Gasteiger partial charge in [0, 0.05) is 30.1 Å². The van der Waals surface area contributed by atoms with Crippen LogP contribution in [0.1, 0.15) is 95.7 Å². The fourth-order valence-corrected chi connectivity index (χ4v) is 5.94. The number of unbranched alkanes of at least 4 members (excludes halogenated alkanes) is 10. The van der Waals surface area contributed by atoms with E-state index in [1.165, 1.54) is 76.5 Å². The highest BCUT2D eigenvalue weighted by molar-refractivity contribution is 6.40. The van der Waals surface area contributed by atoms with Crippen molar-refractivity contribution >= 4 is 75.4 Å². The molecule has 0 spiro atoms. The van der Waals surface area contributed by atoms with Crippen LogP contribution >= 0.6 is 46.4 Å². The van der Waals surface area contributed by atoms with Gasteiger partial charge in [0.2, 0.25) is 11.8 Å². The summed E-state index contributed by atoms with van der Waals surface area (Å²) in [5.74, 6) is -0.423. The summed E-state index contributed by atoms with van der Waals surface area (Å²) in [6.07, 6.45) is 13.8. The number of nitrogens with zero attached hydrogens (tertiary/aromatic N) is 2. The van der Waals surface area contributed by atoms with Gasteiger partial charge in [-0.05, 0) is 36.8 Å². The molecule has 0 unspecified atom stereocenters. The lowest BCUT2D eigenvalue weighted by Crippen LogP contribution is -2.25. The molecule has 0 aliphatic rings. The minimum Gasteiger partial charge on any atom is -0.339 e. The summed E-state index contributed by atoms with van der Waals surface area (Å²) in [7, 11) is 0. The van der Waals surface area contributed by atoms with Gasteiger partial charge in [-0.3, -0.25) is 14.4 Å². The third-order valence-corrected chi connectivity index (χ3v) is 8.03. The van der Waals surface area contributed by atoms with Crippen molar-refractivity contribution in [2.75, 3.05) is 10.6 Å². The Labute approximate surface area is 267 Å². The smallest absolute Gasteiger partial charge is 0.274 e. The Kier molecular flexibility index (Phi) is 13.8. The molecule has 0 aliphatic carbocycles. The monoisotopic (exact) mass is 654 g/mol. The van der Waals surface area contributed by atoms with E-state index in [4.69, 9.17) is 46.4 Å². The van der Waals surface area contributed by atoms with E-state index in [0.29, 0.717) is 22.8 Å². The molecule has 2 aromatic carbocycles. The molecular formula is C31H38Cl4N4O3. The number of hydrogen-bond acceptors (Lipinski definition) is 4. The van der Waals surface area contributed by atoms with E-state index in [1.807, 2.05) is 0 Å². The van der Waals surface area contributed by atoms with Crippen LogP contribution in [-0.4, -0.2) is 21.2 Å². The summed E-state index contributed by atoms with van der Waals surface area (Å²) in [4.78, 5) is 38.2. The molecular weight excluding hydrogens is 618 g/mol. The van der Waals surface area contributed by atoms with Crippen molar-refractivity contribution in [3.05, 3.63) is 66.8 Å². The van der Waals surface area contributed by atoms with Crippen molar-refractivity contribution in [3.8, 4) is 5.69 Å². The molecule has 1 heterocycles. The molecule has 0 saturated heterocycles. The average Bonchev–Trinajstić information content (AvgIpc) is 3.23. The lowest BCUT2D eigenvalue weighted by Gasteiger charge is -2.16. The summed E-state index contributed by atoms with van der Waals surface area (Å²) in [6, 6.07) is 9.07. The first-order valence-corrected chi connectivity index (χ1v) is 16.0. The van der Waals surface area contributed by atoms with Crippen LogP contribution in [0.3, 0.4) is 0 Å². The van der Waals surface area contributed by atoms with Gasteiger partial charge in [0.1, 0.15) is 11.5 Å². The predicted octanol–water partition coefficient (Wildman–Crippen LogP) is 10.3. The van der Waals surface area contributed by atoms with E-state index in [9.17, 15) is 14.4 Å². The first-order valence-electron chi connectivity index (χ1n) is 14.5. The van der Waals surface area contributed by atoms with Crippen molar-refractivity contribution in [2.24, 2.45) is 0 Å². The summed E-state index contributed by atoms with van der Waals surface area (Å²) in [5, 5.41) is 6.75. The van der Waals surface area contributed by atoms with E-state index >= 15 is 0 Å². The maximum Gasteiger partial charge on any atom is 0.274 e. The minimum atomic E-state index is -0.550. The highest BCUT2D eigenvalue weighted by Crippen LogP contribution is 2.33. The Morgan fingerprint density at radius 2 is 1.33 bits per heavy atom. The molecule has 7 nitrogen and oxygen atoms in total. The first-order chi connectivity index (χ1) is 20.1. The van der Waals surface area contributed by atoms with E-state index < -0.39 is 11.5 Å². The van der Waals surface area contributed by atoms with Crippen LogP contribution in [0.2, 0.25) is 20.1 Å². The maximum atomic E-state index is 13.0. The zero-order valence-corrected chi connectivity index (χ0v) is 27.1. The average molecular weight is 656 g/mol. The molecule has 228 valence electrons. The second-order valence-corrected chi connectivity index (χ2v) is 12.0. The van der Waals surface area contributed by atoms with E-state index in [2.05, 4.69) is 17.6 Å². The standard InChI is InChI=1S/C31H38Cl4N4O3/c1-3-4-5-6-7-8-9-10-11-12-13-14-29(41)36-23-15-16-24(33)27(19-23)37-28-20-30(42)39(38(28)21(2)40)31-25(34)17-22(32)18-26(31)35/h15-20,37H,3-14H2,1-2H3,(H,36,41). The van der Waals surface area contributed by atoms with Crippen LogP contribution in [0, 0.1) is 0 Å². The van der Waals surface area contributed by atoms with Crippen LogP contribution in [0.25, 0.3) is 5.69 Å². The highest BCUT2D eigenvalue weighted by Gasteiger charge is 2.21. The number of carbonyl (C=O) groups excluding carboxylic acids is 2. The number of benzene rings is 2. The van der Waals surface area contributed by atoms with Crippen LogP contribution in [0.4, 0.5) is 17.2 Å². The molecule has 0 bridgehead atoms. The van der Waals surface area contributed by atoms with Crippen LogP contribution in [0.5, 0.6) is 0 Å². The van der Waals surface area contributed by atoms with Gasteiger partial charge in [0.25, 0.3) is 5.56 Å². The summed E-state index contributed by atoms with van der Waals surface area (Å²) in [6.45, 7) is 3.53. The fraction of sp³-hybridized carbons (Fsp3) is 0.452. The molecule has 11 heteroatoms. The molecule has 0 aliphatic heterocycles. The van der Waals surface area contributed by atoms with Gasteiger partial charge >= 0.3 is 0 Å². The van der Waals surface area contributed by atoms with Gasteiger partial charge in [-0.25, -0.2) is 4.68 Å². The van der Waals surface area contributed by atoms with Gasteiger partial charge < -0.3 is 10.6 Å². The number of nitrogens with one attached hydrogen (secondary N) is 2. The highest BCUT2D eigenvalue weighted by atomic mass is 35.5. The Balaban J connectivity index is 1.60. The normalized spacial score (nSPS) is 11.1. The summed E-state index contributed by atoms with van der Waals surface area (Å²) < 4.78 is 2.18. The molecule has 3 aromatic rings. The van der Waals surface area contributed by atoms with Crippen molar-refractivity contribution in [3.63, 3.8) is 0 Å². The predicted molar refractivity (Wildman–Crippen MR) is 176 cm³/mol. The van der Waals surface area contributed by atoms with Gasteiger partial charge in [0.15, 0.2) is 0 Å². The van der Waals surface area contributed by atoms with Crippen LogP contribution < -0.4 is 16.2 Å². The Morgan fingerprint density at radius 1 is 0.762 bits per heavy atom. The number of rotatable bonds is 16. The number of hydrogen-bond donors (Lipinski definition) is 2. The van der Waals surface area contributed by atoms with Crippen LogP contribution in [0.15, 0.2) is 41.2 Å². The van der Waals surface area contributed by atoms with Crippen molar-refractivity contribution in [1.82, 2.24) is 9.36 Å². The van der Waals surface area contributed by atoms with Gasteiger partial charge in [-0.15, -0.1) is 0 Å². The van der Waals surface area contributed by atoms with E-state index in [-0.39, 0.29) is 32.5 Å². The zero-order valence-electron chi connectivity index (χ0n) is 24.1. The molecule has 42 heavy (non-hydrogen) atoms. The first kappa shape index (κ1) is 34.0. The zero-order chi connectivity index (χ0) is 30.6. The largest absolute Gasteiger partial charge is 0.339 e. The van der Waals surface area contributed by atoms with E-state index in [0.717, 1.165) is 28.6 Å². The lowest BCUT2D eigenvalue weighted by molar-refractivity contribution is -0.116.